The van der Waals surface area contributed by atoms with Gasteiger partial charge in [0, 0.05) is 18.2 Å². The molecule has 144 valence electrons. The molecule has 3 rings (SSSR count). The summed E-state index contributed by atoms with van der Waals surface area (Å²) >= 11 is 0. The van der Waals surface area contributed by atoms with Gasteiger partial charge in [-0.05, 0) is 67.6 Å². The van der Waals surface area contributed by atoms with E-state index in [0.29, 0.717) is 22.6 Å². The van der Waals surface area contributed by atoms with Gasteiger partial charge in [0.25, 0.3) is 10.0 Å². The third-order valence-electron chi connectivity index (χ3n) is 4.52. The number of anilines is 1. The average molecular weight is 395 g/mol. The van der Waals surface area contributed by atoms with Gasteiger partial charge < -0.3 is 4.74 Å². The summed E-state index contributed by atoms with van der Waals surface area (Å²) in [7, 11) is -0.606. The molecule has 0 radical (unpaired) electrons. The van der Waals surface area contributed by atoms with Crippen LogP contribution in [0.1, 0.15) is 21.5 Å². The highest BCUT2D eigenvalue weighted by molar-refractivity contribution is 7.92. The first kappa shape index (κ1) is 19.6. The van der Waals surface area contributed by atoms with Gasteiger partial charge in [0.15, 0.2) is 5.78 Å². The molecule has 3 aromatic rings. The number of aryl methyl sites for hydroxylation is 1. The number of methoxy groups -OCH3 is 1. The molecule has 0 fully saturated rings. The van der Waals surface area contributed by atoms with Crippen LogP contribution < -0.4 is 9.04 Å². The predicted molar refractivity (Wildman–Crippen MR) is 110 cm³/mol. The SMILES string of the molecule is COc1ccc(C(=O)c2ccc(N(C)S(=O)(=O)c3ccc(C)cc3)cc2)cc1. The number of nitrogens with zero attached hydrogens (tertiary/aromatic N) is 1. The van der Waals surface area contributed by atoms with E-state index in [0.717, 1.165) is 5.56 Å². The lowest BCUT2D eigenvalue weighted by atomic mass is 10.0. The second-order valence-corrected chi connectivity index (χ2v) is 8.36. The molecule has 28 heavy (non-hydrogen) atoms. The smallest absolute Gasteiger partial charge is 0.264 e. The standard InChI is InChI=1S/C22H21NO4S/c1-16-4-14-21(15-5-16)28(25,26)23(2)19-10-6-17(7-11-19)22(24)18-8-12-20(27-3)13-9-18/h4-15H,1-3H3. The normalized spacial score (nSPS) is 11.1. The Balaban J connectivity index is 1.83. The number of carbonyl (C=O) groups excluding carboxylic acids is 1. The van der Waals surface area contributed by atoms with E-state index in [-0.39, 0.29) is 10.7 Å². The van der Waals surface area contributed by atoms with Crippen LogP contribution in [-0.2, 0) is 10.0 Å². The molecule has 0 saturated heterocycles. The van der Waals surface area contributed by atoms with E-state index in [1.807, 2.05) is 6.92 Å². The summed E-state index contributed by atoms with van der Waals surface area (Å²) in [4.78, 5) is 12.8. The molecule has 0 atom stereocenters. The Bertz CT molecular complexity index is 1070. The van der Waals surface area contributed by atoms with E-state index in [1.54, 1.807) is 79.9 Å². The van der Waals surface area contributed by atoms with Gasteiger partial charge in [0.1, 0.15) is 5.75 Å². The number of ether oxygens (including phenoxy) is 1. The lowest BCUT2D eigenvalue weighted by Gasteiger charge is -2.20. The van der Waals surface area contributed by atoms with Gasteiger partial charge in [-0.2, -0.15) is 0 Å². The van der Waals surface area contributed by atoms with Crippen LogP contribution in [0.5, 0.6) is 5.75 Å². The molecule has 3 aromatic carbocycles. The van der Waals surface area contributed by atoms with Gasteiger partial charge in [-0.25, -0.2) is 8.42 Å². The molecule has 0 aliphatic heterocycles. The molecule has 5 nitrogen and oxygen atoms in total. The first-order valence-corrected chi connectivity index (χ1v) is 10.1. The summed E-state index contributed by atoms with van der Waals surface area (Å²) in [5, 5.41) is 0. The zero-order valence-electron chi connectivity index (χ0n) is 15.9. The second-order valence-electron chi connectivity index (χ2n) is 6.39. The number of sulfonamides is 1. The molecule has 0 N–H and O–H groups in total. The highest BCUT2D eigenvalue weighted by atomic mass is 32.2. The summed E-state index contributed by atoms with van der Waals surface area (Å²) in [6.45, 7) is 1.90. The van der Waals surface area contributed by atoms with Crippen LogP contribution in [0.2, 0.25) is 0 Å². The van der Waals surface area contributed by atoms with Crippen LogP contribution in [0.4, 0.5) is 5.69 Å². The maximum atomic E-state index is 12.8. The van der Waals surface area contributed by atoms with Crippen molar-refractivity contribution in [1.29, 1.82) is 0 Å². The Hall–Kier alpha value is -3.12. The monoisotopic (exact) mass is 395 g/mol. The number of hydrogen-bond acceptors (Lipinski definition) is 4. The van der Waals surface area contributed by atoms with Crippen molar-refractivity contribution in [2.75, 3.05) is 18.5 Å². The van der Waals surface area contributed by atoms with Crippen molar-refractivity contribution in [2.24, 2.45) is 0 Å². The fraction of sp³-hybridized carbons (Fsp3) is 0.136. The van der Waals surface area contributed by atoms with Gasteiger partial charge in [-0.3, -0.25) is 9.10 Å². The zero-order chi connectivity index (χ0) is 20.3. The first-order chi connectivity index (χ1) is 13.3. The Labute approximate surface area is 165 Å². The van der Waals surface area contributed by atoms with Crippen LogP contribution in [-0.4, -0.2) is 28.4 Å². The number of carbonyl (C=O) groups is 1. The topological polar surface area (TPSA) is 63.7 Å². The minimum atomic E-state index is -3.67. The largest absolute Gasteiger partial charge is 0.497 e. The number of rotatable bonds is 6. The summed E-state index contributed by atoms with van der Waals surface area (Å²) in [6.07, 6.45) is 0. The Kier molecular flexibility index (Phi) is 5.51. The molecule has 0 aliphatic rings. The van der Waals surface area contributed by atoms with Crippen molar-refractivity contribution in [3.8, 4) is 5.75 Å². The van der Waals surface area contributed by atoms with Crippen molar-refractivity contribution >= 4 is 21.5 Å². The quantitative estimate of drug-likeness (QED) is 0.591. The van der Waals surface area contributed by atoms with Gasteiger partial charge in [-0.15, -0.1) is 0 Å². The van der Waals surface area contributed by atoms with E-state index >= 15 is 0 Å². The van der Waals surface area contributed by atoms with E-state index in [4.69, 9.17) is 4.74 Å². The fourth-order valence-electron chi connectivity index (χ4n) is 2.74. The zero-order valence-corrected chi connectivity index (χ0v) is 16.7. The Morgan fingerprint density at radius 3 is 1.82 bits per heavy atom. The average Bonchev–Trinajstić information content (AvgIpc) is 2.73. The molecule has 6 heteroatoms. The molecule has 0 aliphatic carbocycles. The van der Waals surface area contributed by atoms with Crippen molar-refractivity contribution in [3.63, 3.8) is 0 Å². The number of benzene rings is 3. The summed E-state index contributed by atoms with van der Waals surface area (Å²) < 4.78 is 31.9. The molecule has 0 spiro atoms. The molecule has 0 bridgehead atoms. The maximum absolute atomic E-state index is 12.8. The van der Waals surface area contributed by atoms with E-state index in [9.17, 15) is 13.2 Å². The van der Waals surface area contributed by atoms with Crippen molar-refractivity contribution < 1.29 is 17.9 Å². The highest BCUT2D eigenvalue weighted by Crippen LogP contribution is 2.23. The van der Waals surface area contributed by atoms with E-state index in [2.05, 4.69) is 0 Å². The van der Waals surface area contributed by atoms with E-state index in [1.165, 1.54) is 11.4 Å². The molecule has 0 unspecified atom stereocenters. The van der Waals surface area contributed by atoms with Crippen molar-refractivity contribution in [1.82, 2.24) is 0 Å². The third-order valence-corrected chi connectivity index (χ3v) is 6.32. The third kappa shape index (κ3) is 3.92. The fourth-order valence-corrected chi connectivity index (χ4v) is 3.93. The predicted octanol–water partition coefficient (Wildman–Crippen LogP) is 4.06. The molecular formula is C22H21NO4S. The van der Waals surface area contributed by atoms with Crippen molar-refractivity contribution in [3.05, 3.63) is 89.5 Å². The minimum absolute atomic E-state index is 0.141. The van der Waals surface area contributed by atoms with E-state index < -0.39 is 10.0 Å². The van der Waals surface area contributed by atoms with Crippen molar-refractivity contribution in [2.45, 2.75) is 11.8 Å². The molecular weight excluding hydrogens is 374 g/mol. The summed E-state index contributed by atoms with van der Waals surface area (Å²) in [5.41, 5.74) is 2.49. The second kappa shape index (κ2) is 7.86. The van der Waals surface area contributed by atoms with Crippen LogP contribution in [0.15, 0.2) is 77.7 Å². The highest BCUT2D eigenvalue weighted by Gasteiger charge is 2.21. The molecule has 0 saturated carbocycles. The molecule has 0 heterocycles. The van der Waals surface area contributed by atoms with Crippen LogP contribution in [0, 0.1) is 6.92 Å². The first-order valence-electron chi connectivity index (χ1n) is 8.67. The van der Waals surface area contributed by atoms with Crippen LogP contribution in [0.3, 0.4) is 0 Å². The lowest BCUT2D eigenvalue weighted by molar-refractivity contribution is 0.103. The Morgan fingerprint density at radius 1 is 0.821 bits per heavy atom. The number of ketones is 1. The lowest BCUT2D eigenvalue weighted by Crippen LogP contribution is -2.26. The molecule has 0 aromatic heterocycles. The molecule has 0 amide bonds. The van der Waals surface area contributed by atoms with Gasteiger partial charge in [0.05, 0.1) is 17.7 Å². The number of hydrogen-bond donors (Lipinski definition) is 0. The van der Waals surface area contributed by atoms with Gasteiger partial charge in [0.2, 0.25) is 0 Å². The maximum Gasteiger partial charge on any atom is 0.264 e. The van der Waals surface area contributed by atoms with Gasteiger partial charge in [-0.1, -0.05) is 17.7 Å². The Morgan fingerprint density at radius 2 is 1.32 bits per heavy atom. The van der Waals surface area contributed by atoms with Crippen LogP contribution in [0.25, 0.3) is 0 Å². The summed E-state index contributed by atoms with van der Waals surface area (Å²) in [5.74, 6) is 0.535. The van der Waals surface area contributed by atoms with Gasteiger partial charge >= 0.3 is 0 Å². The summed E-state index contributed by atoms with van der Waals surface area (Å²) in [6, 6.07) is 20.1. The minimum Gasteiger partial charge on any atom is -0.497 e. The van der Waals surface area contributed by atoms with Crippen LogP contribution >= 0.6 is 0 Å².